The summed E-state index contributed by atoms with van der Waals surface area (Å²) >= 11 is 5.87. The third-order valence-electron chi connectivity index (χ3n) is 7.27. The van der Waals surface area contributed by atoms with Crippen LogP contribution in [-0.4, -0.2) is 65.6 Å². The van der Waals surface area contributed by atoms with E-state index < -0.39 is 0 Å². The molecule has 3 aliphatic rings. The van der Waals surface area contributed by atoms with E-state index in [0.717, 1.165) is 64.2 Å². The second-order valence-electron chi connectivity index (χ2n) is 9.59. The fourth-order valence-corrected chi connectivity index (χ4v) is 5.44. The van der Waals surface area contributed by atoms with Gasteiger partial charge in [0.05, 0.1) is 30.4 Å². The summed E-state index contributed by atoms with van der Waals surface area (Å²) in [6, 6.07) is 5.53. The number of amides is 1. The standard InChI is InChI=1S/C25H31ClFN5O2/c26-19-13-29-25(30-14-19)31-7-5-17(6-8-31)2-1-9-34-22-4-3-18(23(27)12-22)10-24(33)32-16-20-11-21(32)15-28-20/h3-4,12-14,17,20-21,28H,1-2,5-11,15-16H2/t20-,21-/m0/s1. The summed E-state index contributed by atoms with van der Waals surface area (Å²) in [7, 11) is 0. The topological polar surface area (TPSA) is 70.6 Å². The Kier molecular flexibility index (Phi) is 7.15. The molecular weight excluding hydrogens is 457 g/mol. The number of aromatic nitrogens is 2. The Bertz CT molecular complexity index is 999. The fraction of sp³-hybridized carbons (Fsp3) is 0.560. The first-order valence-electron chi connectivity index (χ1n) is 12.2. The molecule has 3 saturated heterocycles. The van der Waals surface area contributed by atoms with Gasteiger partial charge in [-0.1, -0.05) is 17.7 Å². The average Bonchev–Trinajstić information content (AvgIpc) is 3.48. The van der Waals surface area contributed by atoms with Crippen LogP contribution in [0, 0.1) is 11.7 Å². The number of benzene rings is 1. The average molecular weight is 488 g/mol. The summed E-state index contributed by atoms with van der Waals surface area (Å²) in [4.78, 5) is 25.3. The van der Waals surface area contributed by atoms with Crippen LogP contribution in [0.4, 0.5) is 10.3 Å². The van der Waals surface area contributed by atoms with Gasteiger partial charge in [-0.2, -0.15) is 0 Å². The number of anilines is 1. The van der Waals surface area contributed by atoms with Gasteiger partial charge in [-0.15, -0.1) is 0 Å². The molecule has 0 aliphatic carbocycles. The van der Waals surface area contributed by atoms with Crippen LogP contribution in [0.25, 0.3) is 0 Å². The van der Waals surface area contributed by atoms with Crippen molar-refractivity contribution in [2.45, 2.75) is 50.6 Å². The smallest absolute Gasteiger partial charge is 0.227 e. The minimum absolute atomic E-state index is 0.00948. The molecule has 2 atom stereocenters. The molecule has 34 heavy (non-hydrogen) atoms. The number of hydrogen-bond acceptors (Lipinski definition) is 6. The summed E-state index contributed by atoms with van der Waals surface area (Å²) in [5, 5.41) is 3.93. The highest BCUT2D eigenvalue weighted by Crippen LogP contribution is 2.26. The van der Waals surface area contributed by atoms with Crippen molar-refractivity contribution in [3.63, 3.8) is 0 Å². The van der Waals surface area contributed by atoms with Crippen molar-refractivity contribution in [3.8, 4) is 5.75 Å². The van der Waals surface area contributed by atoms with Crippen LogP contribution in [0.2, 0.25) is 5.02 Å². The van der Waals surface area contributed by atoms with Gasteiger partial charge in [0, 0.05) is 44.3 Å². The Morgan fingerprint density at radius 3 is 2.71 bits per heavy atom. The monoisotopic (exact) mass is 487 g/mol. The highest BCUT2D eigenvalue weighted by atomic mass is 35.5. The number of carbonyl (C=O) groups is 1. The Morgan fingerprint density at radius 2 is 2.03 bits per heavy atom. The lowest BCUT2D eigenvalue weighted by Crippen LogP contribution is -2.47. The first-order chi connectivity index (χ1) is 16.5. The molecule has 1 aromatic heterocycles. The Labute approximate surface area is 204 Å². The SMILES string of the molecule is O=C(Cc1ccc(OCCCC2CCN(c3ncc(Cl)cn3)CC2)cc1F)N1C[C@@H]2C[C@H]1CN2. The molecule has 2 bridgehead atoms. The van der Waals surface area contributed by atoms with E-state index in [1.165, 1.54) is 6.07 Å². The van der Waals surface area contributed by atoms with E-state index in [1.807, 2.05) is 4.90 Å². The molecule has 0 spiro atoms. The predicted molar refractivity (Wildman–Crippen MR) is 129 cm³/mol. The van der Waals surface area contributed by atoms with Crippen LogP contribution in [-0.2, 0) is 11.2 Å². The number of fused-ring (bicyclic) bond motifs is 2. The molecule has 3 aliphatic heterocycles. The normalized spacial score (nSPS) is 22.4. The Hall–Kier alpha value is -2.45. The summed E-state index contributed by atoms with van der Waals surface area (Å²) in [5.74, 6) is 1.55. The van der Waals surface area contributed by atoms with E-state index >= 15 is 0 Å². The van der Waals surface area contributed by atoms with Crippen LogP contribution < -0.4 is 15.0 Å². The van der Waals surface area contributed by atoms with Crippen LogP contribution in [0.5, 0.6) is 5.75 Å². The van der Waals surface area contributed by atoms with Crippen LogP contribution in [0.15, 0.2) is 30.6 Å². The number of halogens is 2. The molecule has 1 amide bonds. The third kappa shape index (κ3) is 5.44. The highest BCUT2D eigenvalue weighted by Gasteiger charge is 2.39. The molecule has 182 valence electrons. The van der Waals surface area contributed by atoms with Gasteiger partial charge in [-0.25, -0.2) is 14.4 Å². The van der Waals surface area contributed by atoms with Crippen molar-refractivity contribution in [3.05, 3.63) is 47.0 Å². The van der Waals surface area contributed by atoms with E-state index in [-0.39, 0.29) is 24.2 Å². The lowest BCUT2D eigenvalue weighted by molar-refractivity contribution is -0.131. The minimum Gasteiger partial charge on any atom is -0.493 e. The zero-order valence-electron chi connectivity index (χ0n) is 19.3. The number of rotatable bonds is 8. The van der Waals surface area contributed by atoms with Gasteiger partial charge in [0.1, 0.15) is 11.6 Å². The molecule has 0 unspecified atom stereocenters. The van der Waals surface area contributed by atoms with Gasteiger partial charge in [0.2, 0.25) is 11.9 Å². The van der Waals surface area contributed by atoms with Crippen molar-refractivity contribution in [1.29, 1.82) is 0 Å². The van der Waals surface area contributed by atoms with Gasteiger partial charge >= 0.3 is 0 Å². The first-order valence-corrected chi connectivity index (χ1v) is 12.6. The molecule has 9 heteroatoms. The summed E-state index contributed by atoms with van der Waals surface area (Å²) in [5.41, 5.74) is 0.435. The van der Waals surface area contributed by atoms with Crippen molar-refractivity contribution in [2.24, 2.45) is 5.92 Å². The van der Waals surface area contributed by atoms with E-state index in [2.05, 4.69) is 20.2 Å². The fourth-order valence-electron chi connectivity index (χ4n) is 5.34. The molecule has 0 radical (unpaired) electrons. The highest BCUT2D eigenvalue weighted by molar-refractivity contribution is 6.30. The zero-order chi connectivity index (χ0) is 23.5. The maximum absolute atomic E-state index is 14.6. The van der Waals surface area contributed by atoms with Crippen LogP contribution in [0.3, 0.4) is 0 Å². The second-order valence-corrected chi connectivity index (χ2v) is 10.0. The summed E-state index contributed by atoms with van der Waals surface area (Å²) < 4.78 is 20.4. The number of piperidine rings is 1. The number of piperazine rings is 1. The van der Waals surface area contributed by atoms with Crippen molar-refractivity contribution < 1.29 is 13.9 Å². The third-order valence-corrected chi connectivity index (χ3v) is 7.47. The molecule has 2 aromatic rings. The zero-order valence-corrected chi connectivity index (χ0v) is 20.0. The number of carbonyl (C=O) groups excluding carboxylic acids is 1. The molecular formula is C25H31ClFN5O2. The summed E-state index contributed by atoms with van der Waals surface area (Å²) in [6.45, 7) is 4.02. The Morgan fingerprint density at radius 1 is 1.24 bits per heavy atom. The van der Waals surface area contributed by atoms with Gasteiger partial charge in [0.15, 0.2) is 0 Å². The number of nitrogens with zero attached hydrogens (tertiary/aromatic N) is 4. The molecule has 7 nitrogen and oxygen atoms in total. The molecule has 0 saturated carbocycles. The second kappa shape index (κ2) is 10.4. The van der Waals surface area contributed by atoms with Gasteiger partial charge in [0.25, 0.3) is 0 Å². The molecule has 3 fully saturated rings. The molecule has 5 rings (SSSR count). The van der Waals surface area contributed by atoms with E-state index in [4.69, 9.17) is 16.3 Å². The minimum atomic E-state index is -0.370. The van der Waals surface area contributed by atoms with Crippen molar-refractivity contribution in [2.75, 3.05) is 37.7 Å². The number of nitrogens with one attached hydrogen (secondary N) is 1. The maximum Gasteiger partial charge on any atom is 0.227 e. The molecule has 1 N–H and O–H groups in total. The maximum atomic E-state index is 14.6. The van der Waals surface area contributed by atoms with Crippen LogP contribution in [0.1, 0.15) is 37.7 Å². The lowest BCUT2D eigenvalue weighted by atomic mass is 9.92. The summed E-state index contributed by atoms with van der Waals surface area (Å²) in [6.07, 6.45) is 8.58. The van der Waals surface area contributed by atoms with Gasteiger partial charge in [-0.3, -0.25) is 4.79 Å². The Balaban J connectivity index is 1.02. The number of likely N-dealkylation sites (tertiary alicyclic amines) is 1. The van der Waals surface area contributed by atoms with E-state index in [9.17, 15) is 9.18 Å². The number of hydrogen-bond donors (Lipinski definition) is 1. The van der Waals surface area contributed by atoms with Crippen molar-refractivity contribution in [1.82, 2.24) is 20.2 Å². The largest absolute Gasteiger partial charge is 0.493 e. The van der Waals surface area contributed by atoms with E-state index in [1.54, 1.807) is 24.5 Å². The van der Waals surface area contributed by atoms with Gasteiger partial charge < -0.3 is 19.9 Å². The van der Waals surface area contributed by atoms with E-state index in [0.29, 0.717) is 34.9 Å². The predicted octanol–water partition coefficient (Wildman–Crippen LogP) is 3.46. The van der Waals surface area contributed by atoms with Crippen LogP contribution >= 0.6 is 11.6 Å². The quantitative estimate of drug-likeness (QED) is 0.575. The first kappa shape index (κ1) is 23.3. The number of ether oxygens (including phenoxy) is 1. The molecule has 1 aromatic carbocycles. The molecule has 4 heterocycles. The van der Waals surface area contributed by atoms with Crippen molar-refractivity contribution >= 4 is 23.5 Å². The van der Waals surface area contributed by atoms with Gasteiger partial charge in [-0.05, 0) is 49.7 Å². The lowest BCUT2D eigenvalue weighted by Gasteiger charge is -2.31.